The minimum absolute atomic E-state index is 0.149. The van der Waals surface area contributed by atoms with Crippen molar-refractivity contribution in [3.8, 4) is 0 Å². The molecule has 0 bridgehead atoms. The van der Waals surface area contributed by atoms with Gasteiger partial charge in [0.25, 0.3) is 0 Å². The van der Waals surface area contributed by atoms with Crippen molar-refractivity contribution in [1.82, 2.24) is 0 Å². The number of benzene rings is 2. The molecule has 3 nitrogen and oxygen atoms in total. The molecule has 2 aromatic rings. The van der Waals surface area contributed by atoms with Crippen LogP contribution >= 0.6 is 0 Å². The van der Waals surface area contributed by atoms with E-state index < -0.39 is 0 Å². The first-order valence-corrected chi connectivity index (χ1v) is 11.3. The van der Waals surface area contributed by atoms with E-state index >= 15 is 0 Å². The summed E-state index contributed by atoms with van der Waals surface area (Å²) < 4.78 is 19.0. The standard InChI is InChI=1S/C26H34O3/c1-3-10-22(11-4-1)14-7-15-24-16-8-18-26(28-24)19-9-17-25(29-26)21-27-20-23-12-5-2-6-13-23/h1-6,10-13,24-25H,7-9,14-21H2. The Morgan fingerprint density at radius 1 is 0.793 bits per heavy atom. The zero-order valence-corrected chi connectivity index (χ0v) is 17.4. The van der Waals surface area contributed by atoms with Crippen LogP contribution in [0.4, 0.5) is 0 Å². The molecular weight excluding hydrogens is 360 g/mol. The van der Waals surface area contributed by atoms with E-state index in [0.717, 1.165) is 44.9 Å². The maximum Gasteiger partial charge on any atom is 0.169 e. The summed E-state index contributed by atoms with van der Waals surface area (Å²) in [6, 6.07) is 21.1. The van der Waals surface area contributed by atoms with Gasteiger partial charge in [-0.3, -0.25) is 0 Å². The number of rotatable bonds is 8. The molecule has 0 N–H and O–H groups in total. The first-order valence-electron chi connectivity index (χ1n) is 11.3. The summed E-state index contributed by atoms with van der Waals surface area (Å²) in [5, 5.41) is 0. The summed E-state index contributed by atoms with van der Waals surface area (Å²) in [6.07, 6.45) is 10.5. The third-order valence-electron chi connectivity index (χ3n) is 6.18. The molecule has 3 atom stereocenters. The predicted molar refractivity (Wildman–Crippen MR) is 116 cm³/mol. The van der Waals surface area contributed by atoms with Gasteiger partial charge in [0.2, 0.25) is 0 Å². The average Bonchev–Trinajstić information content (AvgIpc) is 2.76. The van der Waals surface area contributed by atoms with Crippen LogP contribution in [0.1, 0.15) is 62.5 Å². The second kappa shape index (κ2) is 10.4. The Balaban J connectivity index is 1.22. The molecule has 29 heavy (non-hydrogen) atoms. The third kappa shape index (κ3) is 6.15. The van der Waals surface area contributed by atoms with E-state index in [0.29, 0.717) is 19.3 Å². The second-order valence-electron chi connectivity index (χ2n) is 8.55. The van der Waals surface area contributed by atoms with Gasteiger partial charge < -0.3 is 14.2 Å². The Morgan fingerprint density at radius 3 is 2.14 bits per heavy atom. The van der Waals surface area contributed by atoms with Crippen molar-refractivity contribution in [1.29, 1.82) is 0 Å². The van der Waals surface area contributed by atoms with Gasteiger partial charge in [-0.25, -0.2) is 0 Å². The maximum atomic E-state index is 6.57. The molecule has 156 valence electrons. The van der Waals surface area contributed by atoms with Gasteiger partial charge in [0.15, 0.2) is 5.79 Å². The summed E-state index contributed by atoms with van der Waals surface area (Å²) in [6.45, 7) is 1.30. The van der Waals surface area contributed by atoms with Crippen molar-refractivity contribution in [2.75, 3.05) is 6.61 Å². The molecule has 0 aromatic heterocycles. The lowest BCUT2D eigenvalue weighted by molar-refractivity contribution is -0.319. The number of aryl methyl sites for hydroxylation is 1. The lowest BCUT2D eigenvalue weighted by atomic mass is 9.91. The minimum Gasteiger partial charge on any atom is -0.374 e. The second-order valence-corrected chi connectivity index (χ2v) is 8.55. The fourth-order valence-corrected chi connectivity index (χ4v) is 4.69. The van der Waals surface area contributed by atoms with Crippen LogP contribution in [-0.2, 0) is 27.2 Å². The largest absolute Gasteiger partial charge is 0.374 e. The number of ether oxygens (including phenoxy) is 3. The Bertz CT molecular complexity index is 652. The first-order chi connectivity index (χ1) is 14.3. The van der Waals surface area contributed by atoms with Crippen molar-refractivity contribution in [2.45, 2.75) is 82.4 Å². The van der Waals surface area contributed by atoms with E-state index in [1.54, 1.807) is 0 Å². The highest BCUT2D eigenvalue weighted by molar-refractivity contribution is 5.14. The van der Waals surface area contributed by atoms with Crippen LogP contribution in [-0.4, -0.2) is 24.6 Å². The Hall–Kier alpha value is -1.68. The average molecular weight is 395 g/mol. The van der Waals surface area contributed by atoms with E-state index in [2.05, 4.69) is 54.6 Å². The van der Waals surface area contributed by atoms with E-state index in [9.17, 15) is 0 Å². The van der Waals surface area contributed by atoms with E-state index in [4.69, 9.17) is 14.2 Å². The number of hydrogen-bond donors (Lipinski definition) is 0. The topological polar surface area (TPSA) is 27.7 Å². The molecule has 2 aliphatic heterocycles. The van der Waals surface area contributed by atoms with Crippen LogP contribution in [0.2, 0.25) is 0 Å². The van der Waals surface area contributed by atoms with Crippen LogP contribution in [0.5, 0.6) is 0 Å². The monoisotopic (exact) mass is 394 g/mol. The normalized spacial score (nSPS) is 27.2. The zero-order valence-electron chi connectivity index (χ0n) is 17.4. The molecule has 0 radical (unpaired) electrons. The van der Waals surface area contributed by atoms with Gasteiger partial charge in [-0.15, -0.1) is 0 Å². The highest BCUT2D eigenvalue weighted by Gasteiger charge is 2.42. The lowest BCUT2D eigenvalue weighted by Crippen LogP contribution is -2.49. The summed E-state index contributed by atoms with van der Waals surface area (Å²) in [4.78, 5) is 0. The molecule has 2 heterocycles. The van der Waals surface area contributed by atoms with Gasteiger partial charge >= 0.3 is 0 Å². The van der Waals surface area contributed by atoms with Gasteiger partial charge in [-0.2, -0.15) is 0 Å². The van der Waals surface area contributed by atoms with Crippen LogP contribution in [0.3, 0.4) is 0 Å². The quantitative estimate of drug-likeness (QED) is 0.544. The summed E-state index contributed by atoms with van der Waals surface area (Å²) in [7, 11) is 0. The van der Waals surface area contributed by atoms with Crippen molar-refractivity contribution in [3.63, 3.8) is 0 Å². The fraction of sp³-hybridized carbons (Fsp3) is 0.538. The maximum absolute atomic E-state index is 6.57. The molecule has 0 amide bonds. The highest BCUT2D eigenvalue weighted by atomic mass is 16.7. The molecule has 0 aliphatic carbocycles. The van der Waals surface area contributed by atoms with Gasteiger partial charge in [-0.05, 0) is 56.1 Å². The number of hydrogen-bond acceptors (Lipinski definition) is 3. The molecule has 4 rings (SSSR count). The van der Waals surface area contributed by atoms with E-state index in [1.807, 2.05) is 6.07 Å². The third-order valence-corrected chi connectivity index (χ3v) is 6.18. The molecule has 3 unspecified atom stereocenters. The summed E-state index contributed by atoms with van der Waals surface area (Å²) in [5.74, 6) is -0.366. The first kappa shape index (κ1) is 20.6. The highest BCUT2D eigenvalue weighted by Crippen LogP contribution is 2.40. The summed E-state index contributed by atoms with van der Waals surface area (Å²) >= 11 is 0. The van der Waals surface area contributed by atoms with Crippen LogP contribution in [0.25, 0.3) is 0 Å². The smallest absolute Gasteiger partial charge is 0.169 e. The lowest BCUT2D eigenvalue weighted by Gasteiger charge is -2.46. The van der Waals surface area contributed by atoms with Crippen LogP contribution in [0.15, 0.2) is 60.7 Å². The molecule has 2 saturated heterocycles. The van der Waals surface area contributed by atoms with Gasteiger partial charge in [0, 0.05) is 12.8 Å². The van der Waals surface area contributed by atoms with Gasteiger partial charge in [0.1, 0.15) is 0 Å². The van der Waals surface area contributed by atoms with Gasteiger partial charge in [0.05, 0.1) is 25.4 Å². The van der Waals surface area contributed by atoms with Crippen molar-refractivity contribution in [2.24, 2.45) is 0 Å². The van der Waals surface area contributed by atoms with E-state index in [-0.39, 0.29) is 11.9 Å². The SMILES string of the molecule is c1ccc(CCCC2CCCC3(CCCC(COCc4ccccc4)O3)O2)cc1. The molecule has 3 heteroatoms. The van der Waals surface area contributed by atoms with Crippen LogP contribution in [0, 0.1) is 0 Å². The molecule has 2 fully saturated rings. The minimum atomic E-state index is -0.366. The Labute approximate surface area is 175 Å². The molecule has 0 saturated carbocycles. The molecular formula is C26H34O3. The van der Waals surface area contributed by atoms with Crippen molar-refractivity contribution >= 4 is 0 Å². The molecule has 2 aromatic carbocycles. The Kier molecular flexibility index (Phi) is 7.37. The van der Waals surface area contributed by atoms with E-state index in [1.165, 1.54) is 24.0 Å². The zero-order chi connectivity index (χ0) is 19.8. The molecule has 1 spiro atoms. The van der Waals surface area contributed by atoms with Crippen molar-refractivity contribution < 1.29 is 14.2 Å². The fourth-order valence-electron chi connectivity index (χ4n) is 4.69. The van der Waals surface area contributed by atoms with Crippen molar-refractivity contribution in [3.05, 3.63) is 71.8 Å². The van der Waals surface area contributed by atoms with Gasteiger partial charge in [-0.1, -0.05) is 60.7 Å². The molecule has 2 aliphatic rings. The summed E-state index contributed by atoms with van der Waals surface area (Å²) in [5.41, 5.74) is 2.63. The predicted octanol–water partition coefficient (Wildman–Crippen LogP) is 6.06. The Morgan fingerprint density at radius 2 is 1.41 bits per heavy atom. The van der Waals surface area contributed by atoms with Crippen LogP contribution < -0.4 is 0 Å².